The van der Waals surface area contributed by atoms with E-state index in [1.54, 1.807) is 0 Å². The summed E-state index contributed by atoms with van der Waals surface area (Å²) in [5.74, 6) is 0.249. The van der Waals surface area contributed by atoms with Crippen LogP contribution < -0.4 is 0 Å². The van der Waals surface area contributed by atoms with Crippen molar-refractivity contribution in [1.29, 1.82) is 0 Å². The van der Waals surface area contributed by atoms with Crippen molar-refractivity contribution in [2.75, 3.05) is 19.6 Å². The third-order valence-corrected chi connectivity index (χ3v) is 4.90. The number of thioether (sulfide) groups is 1. The summed E-state index contributed by atoms with van der Waals surface area (Å²) in [6.45, 7) is 9.27. The summed E-state index contributed by atoms with van der Waals surface area (Å²) in [6, 6.07) is 8.15. The molecule has 2 rings (SSSR count). The topological polar surface area (TPSA) is 20.3 Å². The van der Waals surface area contributed by atoms with Gasteiger partial charge < -0.3 is 0 Å². The SMILES string of the molecule is CCCc1ccc(C(=O)CN2CC(C)SC(C)C2)cc1. The highest BCUT2D eigenvalue weighted by Crippen LogP contribution is 2.24. The Bertz CT molecular complexity index is 433. The lowest BCUT2D eigenvalue weighted by Gasteiger charge is -2.34. The second-order valence-corrected chi connectivity index (χ2v) is 7.70. The predicted octanol–water partition coefficient (Wildman–Crippen LogP) is 3.65. The fourth-order valence-corrected chi connectivity index (χ4v) is 4.24. The molecule has 0 radical (unpaired) electrons. The zero-order valence-corrected chi connectivity index (χ0v) is 13.6. The number of hydrogen-bond donors (Lipinski definition) is 0. The normalized spacial score (nSPS) is 23.8. The summed E-state index contributed by atoms with van der Waals surface area (Å²) in [4.78, 5) is 14.6. The first-order valence-electron chi connectivity index (χ1n) is 7.58. The Balaban J connectivity index is 1.93. The average molecular weight is 291 g/mol. The number of Topliss-reactive ketones (excluding diaryl/α,β-unsaturated/α-hetero) is 1. The van der Waals surface area contributed by atoms with Crippen molar-refractivity contribution in [2.45, 2.75) is 44.1 Å². The minimum atomic E-state index is 0.249. The van der Waals surface area contributed by atoms with E-state index >= 15 is 0 Å². The molecule has 1 heterocycles. The highest BCUT2D eigenvalue weighted by molar-refractivity contribution is 8.00. The van der Waals surface area contributed by atoms with Gasteiger partial charge in [-0.15, -0.1) is 0 Å². The van der Waals surface area contributed by atoms with Crippen LogP contribution in [-0.2, 0) is 6.42 Å². The van der Waals surface area contributed by atoms with Crippen molar-refractivity contribution in [3.05, 3.63) is 35.4 Å². The highest BCUT2D eigenvalue weighted by Gasteiger charge is 2.23. The van der Waals surface area contributed by atoms with E-state index in [2.05, 4.69) is 37.8 Å². The summed E-state index contributed by atoms with van der Waals surface area (Å²) in [5.41, 5.74) is 2.17. The Morgan fingerprint density at radius 1 is 1.20 bits per heavy atom. The van der Waals surface area contributed by atoms with Crippen LogP contribution in [0.5, 0.6) is 0 Å². The molecule has 1 aliphatic rings. The van der Waals surface area contributed by atoms with Crippen molar-refractivity contribution in [1.82, 2.24) is 4.90 Å². The van der Waals surface area contributed by atoms with E-state index in [1.165, 1.54) is 5.56 Å². The van der Waals surface area contributed by atoms with E-state index in [-0.39, 0.29) is 5.78 Å². The third kappa shape index (κ3) is 4.35. The molecule has 20 heavy (non-hydrogen) atoms. The third-order valence-electron chi connectivity index (χ3n) is 3.68. The average Bonchev–Trinajstić information content (AvgIpc) is 2.38. The molecule has 0 aromatic heterocycles. The first-order valence-corrected chi connectivity index (χ1v) is 8.52. The molecule has 1 fully saturated rings. The van der Waals surface area contributed by atoms with Crippen LogP contribution in [0.3, 0.4) is 0 Å². The molecule has 0 N–H and O–H groups in total. The maximum Gasteiger partial charge on any atom is 0.176 e. The van der Waals surface area contributed by atoms with Gasteiger partial charge in [-0.3, -0.25) is 9.69 Å². The van der Waals surface area contributed by atoms with Crippen LogP contribution in [0.1, 0.15) is 43.1 Å². The van der Waals surface area contributed by atoms with Crippen LogP contribution in [0.15, 0.2) is 24.3 Å². The Hall–Kier alpha value is -0.800. The summed E-state index contributed by atoms with van der Waals surface area (Å²) in [7, 11) is 0. The summed E-state index contributed by atoms with van der Waals surface area (Å²) in [5, 5.41) is 1.25. The van der Waals surface area contributed by atoms with Crippen molar-refractivity contribution in [3.8, 4) is 0 Å². The molecule has 2 unspecified atom stereocenters. The highest BCUT2D eigenvalue weighted by atomic mass is 32.2. The molecular weight excluding hydrogens is 266 g/mol. The van der Waals surface area contributed by atoms with Gasteiger partial charge >= 0.3 is 0 Å². The second-order valence-electron chi connectivity index (χ2n) is 5.82. The van der Waals surface area contributed by atoms with E-state index in [4.69, 9.17) is 0 Å². The lowest BCUT2D eigenvalue weighted by atomic mass is 10.0. The van der Waals surface area contributed by atoms with Gasteiger partial charge in [-0.1, -0.05) is 51.5 Å². The largest absolute Gasteiger partial charge is 0.294 e. The fourth-order valence-electron chi connectivity index (χ4n) is 2.85. The van der Waals surface area contributed by atoms with Crippen LogP contribution >= 0.6 is 11.8 Å². The number of hydrogen-bond acceptors (Lipinski definition) is 3. The maximum atomic E-state index is 12.3. The van der Waals surface area contributed by atoms with Crippen LogP contribution in [0.2, 0.25) is 0 Å². The molecule has 1 aliphatic heterocycles. The predicted molar refractivity (Wildman–Crippen MR) is 87.7 cm³/mol. The van der Waals surface area contributed by atoms with Gasteiger partial charge in [-0.2, -0.15) is 11.8 Å². The van der Waals surface area contributed by atoms with Crippen LogP contribution in [0, 0.1) is 0 Å². The monoisotopic (exact) mass is 291 g/mol. The molecule has 2 nitrogen and oxygen atoms in total. The number of carbonyl (C=O) groups excluding carboxylic acids is 1. The molecule has 1 saturated heterocycles. The number of benzene rings is 1. The van der Waals surface area contributed by atoms with Crippen LogP contribution in [0.4, 0.5) is 0 Å². The Morgan fingerprint density at radius 2 is 1.80 bits per heavy atom. The molecule has 0 bridgehead atoms. The van der Waals surface area contributed by atoms with Crippen molar-refractivity contribution in [3.63, 3.8) is 0 Å². The molecule has 110 valence electrons. The smallest absolute Gasteiger partial charge is 0.176 e. The van der Waals surface area contributed by atoms with Gasteiger partial charge in [-0.25, -0.2) is 0 Å². The van der Waals surface area contributed by atoms with E-state index in [1.807, 2.05) is 23.9 Å². The molecule has 0 spiro atoms. The van der Waals surface area contributed by atoms with Gasteiger partial charge in [0.25, 0.3) is 0 Å². The minimum absolute atomic E-state index is 0.249. The van der Waals surface area contributed by atoms with Crippen molar-refractivity contribution in [2.24, 2.45) is 0 Å². The molecule has 0 saturated carbocycles. The van der Waals surface area contributed by atoms with Gasteiger partial charge in [0.15, 0.2) is 5.78 Å². The lowest BCUT2D eigenvalue weighted by molar-refractivity contribution is 0.0930. The van der Waals surface area contributed by atoms with E-state index < -0.39 is 0 Å². The summed E-state index contributed by atoms with van der Waals surface area (Å²) < 4.78 is 0. The molecule has 1 aromatic rings. The van der Waals surface area contributed by atoms with E-state index in [0.717, 1.165) is 31.5 Å². The number of aryl methyl sites for hydroxylation is 1. The van der Waals surface area contributed by atoms with Crippen LogP contribution in [-0.4, -0.2) is 40.8 Å². The zero-order chi connectivity index (χ0) is 14.5. The molecule has 0 aliphatic carbocycles. The maximum absolute atomic E-state index is 12.3. The molecule has 1 aromatic carbocycles. The number of nitrogens with zero attached hydrogens (tertiary/aromatic N) is 1. The van der Waals surface area contributed by atoms with Gasteiger partial charge in [-0.05, 0) is 12.0 Å². The quantitative estimate of drug-likeness (QED) is 0.772. The Morgan fingerprint density at radius 3 is 2.35 bits per heavy atom. The van der Waals surface area contributed by atoms with Gasteiger partial charge in [0.05, 0.1) is 6.54 Å². The lowest BCUT2D eigenvalue weighted by Crippen LogP contribution is -2.42. The second kappa shape index (κ2) is 7.28. The van der Waals surface area contributed by atoms with Gasteiger partial charge in [0.2, 0.25) is 0 Å². The fraction of sp³-hybridized carbons (Fsp3) is 0.588. The molecular formula is C17H25NOS. The van der Waals surface area contributed by atoms with E-state index in [9.17, 15) is 4.79 Å². The summed E-state index contributed by atoms with van der Waals surface area (Å²) >= 11 is 2.02. The summed E-state index contributed by atoms with van der Waals surface area (Å²) in [6.07, 6.45) is 2.24. The van der Waals surface area contributed by atoms with Crippen LogP contribution in [0.25, 0.3) is 0 Å². The van der Waals surface area contributed by atoms with Crippen molar-refractivity contribution < 1.29 is 4.79 Å². The minimum Gasteiger partial charge on any atom is -0.294 e. The van der Waals surface area contributed by atoms with E-state index in [0.29, 0.717) is 17.0 Å². The number of rotatable bonds is 5. The van der Waals surface area contributed by atoms with Gasteiger partial charge in [0.1, 0.15) is 0 Å². The Labute approximate surface area is 126 Å². The molecule has 0 amide bonds. The zero-order valence-electron chi connectivity index (χ0n) is 12.8. The van der Waals surface area contributed by atoms with Gasteiger partial charge in [0, 0.05) is 29.2 Å². The molecule has 3 heteroatoms. The first-order chi connectivity index (χ1) is 9.58. The number of carbonyl (C=O) groups is 1. The van der Waals surface area contributed by atoms with Crippen molar-refractivity contribution >= 4 is 17.5 Å². The standard InChI is InChI=1S/C17H25NOS/c1-4-5-15-6-8-16(9-7-15)17(19)12-18-10-13(2)20-14(3)11-18/h6-9,13-14H,4-5,10-12H2,1-3H3. The first kappa shape index (κ1) is 15.6. The molecule has 2 atom stereocenters. The number of ketones is 1. The Kier molecular flexibility index (Phi) is 5.67.